The highest BCUT2D eigenvalue weighted by molar-refractivity contribution is 9.10. The van der Waals surface area contributed by atoms with Gasteiger partial charge in [0.2, 0.25) is 0 Å². The van der Waals surface area contributed by atoms with Gasteiger partial charge in [0.05, 0.1) is 0 Å². The zero-order valence-electron chi connectivity index (χ0n) is 10.00. The van der Waals surface area contributed by atoms with Gasteiger partial charge in [-0.05, 0) is 55.7 Å². The monoisotopic (exact) mass is 316 g/mol. The first kappa shape index (κ1) is 13.3. The molecule has 2 atom stereocenters. The second kappa shape index (κ2) is 5.70. The zero-order chi connectivity index (χ0) is 12.4. The minimum Gasteiger partial charge on any atom is -0.330 e. The van der Waals surface area contributed by atoms with Gasteiger partial charge < -0.3 is 5.73 Å². The number of likely N-dealkylation sites (tertiary alicyclic amines) is 1. The third kappa shape index (κ3) is 2.68. The van der Waals surface area contributed by atoms with E-state index < -0.39 is 0 Å². The number of benzene rings is 1. The molecule has 1 aromatic carbocycles. The molecule has 0 aliphatic carbocycles. The summed E-state index contributed by atoms with van der Waals surface area (Å²) in [7, 11) is 0. The standard InChI is InChI=1S/C13H18BrClN2/c1-2-17-6-5-9(8-16)13(17)11-7-10(15)3-4-12(11)14/h3-4,7,9,13H,2,5-6,8,16H2,1H3. The van der Waals surface area contributed by atoms with E-state index in [-0.39, 0.29) is 0 Å². The topological polar surface area (TPSA) is 29.3 Å². The Morgan fingerprint density at radius 1 is 1.53 bits per heavy atom. The third-order valence-corrected chi connectivity index (χ3v) is 4.57. The van der Waals surface area contributed by atoms with Crippen molar-refractivity contribution in [2.45, 2.75) is 19.4 Å². The summed E-state index contributed by atoms with van der Waals surface area (Å²) < 4.78 is 1.13. The Morgan fingerprint density at radius 3 is 2.94 bits per heavy atom. The minimum atomic E-state index is 0.401. The van der Waals surface area contributed by atoms with Crippen LogP contribution in [0.1, 0.15) is 24.9 Å². The molecule has 4 heteroatoms. The number of halogens is 2. The molecule has 1 fully saturated rings. The Morgan fingerprint density at radius 2 is 2.29 bits per heavy atom. The van der Waals surface area contributed by atoms with Gasteiger partial charge in [0.1, 0.15) is 0 Å². The maximum absolute atomic E-state index is 6.11. The van der Waals surface area contributed by atoms with Gasteiger partial charge in [0, 0.05) is 15.5 Å². The van der Waals surface area contributed by atoms with Crippen molar-refractivity contribution in [2.24, 2.45) is 11.7 Å². The SMILES string of the molecule is CCN1CCC(CN)C1c1cc(Cl)ccc1Br. The van der Waals surface area contributed by atoms with Gasteiger partial charge in [0.15, 0.2) is 0 Å². The molecular formula is C13H18BrClN2. The fourth-order valence-electron chi connectivity index (χ4n) is 2.72. The largest absolute Gasteiger partial charge is 0.330 e. The van der Waals surface area contributed by atoms with Gasteiger partial charge in [0.25, 0.3) is 0 Å². The molecule has 1 saturated heterocycles. The lowest BCUT2D eigenvalue weighted by Gasteiger charge is -2.28. The predicted octanol–water partition coefficient (Wildman–Crippen LogP) is 3.44. The van der Waals surface area contributed by atoms with Crippen LogP contribution in [0.15, 0.2) is 22.7 Å². The fraction of sp³-hybridized carbons (Fsp3) is 0.538. The van der Waals surface area contributed by atoms with Crippen LogP contribution in [0.4, 0.5) is 0 Å². The predicted molar refractivity (Wildman–Crippen MR) is 76.3 cm³/mol. The fourth-order valence-corrected chi connectivity index (χ4v) is 3.38. The number of hydrogen-bond donors (Lipinski definition) is 1. The maximum atomic E-state index is 6.11. The second-order valence-electron chi connectivity index (χ2n) is 4.52. The molecule has 2 N–H and O–H groups in total. The van der Waals surface area contributed by atoms with E-state index in [0.29, 0.717) is 12.0 Å². The van der Waals surface area contributed by atoms with Crippen LogP contribution in [-0.2, 0) is 0 Å². The van der Waals surface area contributed by atoms with Crippen LogP contribution in [0.5, 0.6) is 0 Å². The van der Waals surface area contributed by atoms with Gasteiger partial charge in [-0.15, -0.1) is 0 Å². The molecule has 17 heavy (non-hydrogen) atoms. The minimum absolute atomic E-state index is 0.401. The molecule has 0 amide bonds. The summed E-state index contributed by atoms with van der Waals surface area (Å²) in [5.74, 6) is 0.532. The Hall–Kier alpha value is -0.0900. The highest BCUT2D eigenvalue weighted by Crippen LogP contribution is 2.40. The Bertz CT molecular complexity index is 385. The van der Waals surface area contributed by atoms with Crippen molar-refractivity contribution in [1.29, 1.82) is 0 Å². The highest BCUT2D eigenvalue weighted by atomic mass is 79.9. The summed E-state index contributed by atoms with van der Waals surface area (Å²) in [6.07, 6.45) is 1.17. The average Bonchev–Trinajstić information content (AvgIpc) is 2.74. The van der Waals surface area contributed by atoms with E-state index in [1.807, 2.05) is 12.1 Å². The molecule has 2 rings (SSSR count). The van der Waals surface area contributed by atoms with E-state index in [1.54, 1.807) is 0 Å². The van der Waals surface area contributed by atoms with Crippen molar-refractivity contribution in [3.63, 3.8) is 0 Å². The van der Waals surface area contributed by atoms with Gasteiger partial charge in [-0.1, -0.05) is 34.5 Å². The number of nitrogens with two attached hydrogens (primary N) is 1. The smallest absolute Gasteiger partial charge is 0.0410 e. The van der Waals surface area contributed by atoms with Crippen LogP contribution in [-0.4, -0.2) is 24.5 Å². The summed E-state index contributed by atoms with van der Waals surface area (Å²) in [6.45, 7) is 5.12. The van der Waals surface area contributed by atoms with E-state index >= 15 is 0 Å². The van der Waals surface area contributed by atoms with Crippen molar-refractivity contribution >= 4 is 27.5 Å². The molecule has 1 aromatic rings. The van der Waals surface area contributed by atoms with Crippen molar-refractivity contribution in [3.05, 3.63) is 33.3 Å². The van der Waals surface area contributed by atoms with Crippen molar-refractivity contribution < 1.29 is 0 Å². The van der Waals surface area contributed by atoms with E-state index in [0.717, 1.165) is 29.1 Å². The Kier molecular flexibility index (Phi) is 4.47. The lowest BCUT2D eigenvalue weighted by atomic mass is 9.94. The van der Waals surface area contributed by atoms with Crippen LogP contribution in [0.3, 0.4) is 0 Å². The molecule has 0 radical (unpaired) electrons. The maximum Gasteiger partial charge on any atom is 0.0410 e. The number of hydrogen-bond acceptors (Lipinski definition) is 2. The van der Waals surface area contributed by atoms with Crippen molar-refractivity contribution in [1.82, 2.24) is 4.90 Å². The lowest BCUT2D eigenvalue weighted by Crippen LogP contribution is -2.28. The molecule has 0 bridgehead atoms. The molecule has 0 saturated carbocycles. The summed E-state index contributed by atoms with van der Waals surface area (Å²) in [4.78, 5) is 2.48. The van der Waals surface area contributed by atoms with Gasteiger partial charge in [-0.2, -0.15) is 0 Å². The lowest BCUT2D eigenvalue weighted by molar-refractivity contribution is 0.241. The van der Waals surface area contributed by atoms with Crippen LogP contribution in [0, 0.1) is 5.92 Å². The van der Waals surface area contributed by atoms with Gasteiger partial charge in [-0.3, -0.25) is 4.90 Å². The van der Waals surface area contributed by atoms with Crippen molar-refractivity contribution in [2.75, 3.05) is 19.6 Å². The number of nitrogens with zero attached hydrogens (tertiary/aromatic N) is 1. The summed E-state index contributed by atoms with van der Waals surface area (Å²) in [5.41, 5.74) is 7.16. The molecular weight excluding hydrogens is 300 g/mol. The van der Waals surface area contributed by atoms with Crippen LogP contribution >= 0.6 is 27.5 Å². The van der Waals surface area contributed by atoms with Crippen molar-refractivity contribution in [3.8, 4) is 0 Å². The van der Waals surface area contributed by atoms with E-state index in [9.17, 15) is 0 Å². The molecule has 1 heterocycles. The van der Waals surface area contributed by atoms with Gasteiger partial charge in [-0.25, -0.2) is 0 Å². The van der Waals surface area contributed by atoms with Crippen LogP contribution < -0.4 is 5.73 Å². The second-order valence-corrected chi connectivity index (χ2v) is 5.81. The summed E-state index contributed by atoms with van der Waals surface area (Å²) in [6, 6.07) is 6.40. The molecule has 1 aliphatic heterocycles. The third-order valence-electron chi connectivity index (χ3n) is 3.61. The molecule has 94 valence electrons. The molecule has 0 spiro atoms. The van der Waals surface area contributed by atoms with Gasteiger partial charge >= 0.3 is 0 Å². The molecule has 2 nitrogen and oxygen atoms in total. The molecule has 1 aliphatic rings. The Labute approximate surface area is 116 Å². The average molecular weight is 318 g/mol. The summed E-state index contributed by atoms with van der Waals surface area (Å²) >= 11 is 9.73. The normalized spacial score (nSPS) is 25.4. The highest BCUT2D eigenvalue weighted by Gasteiger charge is 2.34. The zero-order valence-corrected chi connectivity index (χ0v) is 12.3. The van der Waals surface area contributed by atoms with E-state index in [2.05, 4.69) is 33.8 Å². The van der Waals surface area contributed by atoms with Crippen LogP contribution in [0.25, 0.3) is 0 Å². The molecule has 2 unspecified atom stereocenters. The first-order valence-electron chi connectivity index (χ1n) is 6.06. The van der Waals surface area contributed by atoms with E-state index in [1.165, 1.54) is 12.0 Å². The Balaban J connectivity index is 2.37. The number of rotatable bonds is 3. The quantitative estimate of drug-likeness (QED) is 0.925. The van der Waals surface area contributed by atoms with E-state index in [4.69, 9.17) is 17.3 Å². The molecule has 0 aromatic heterocycles. The summed E-state index contributed by atoms with van der Waals surface area (Å²) in [5, 5.41) is 0.793. The first-order valence-corrected chi connectivity index (χ1v) is 7.23. The first-order chi connectivity index (χ1) is 8.17. The van der Waals surface area contributed by atoms with Crippen LogP contribution in [0.2, 0.25) is 5.02 Å².